The Morgan fingerprint density at radius 1 is 0.510 bits per heavy atom. The summed E-state index contributed by atoms with van der Waals surface area (Å²) >= 11 is 2.71. The van der Waals surface area contributed by atoms with Gasteiger partial charge in [-0.3, -0.25) is 0 Å². The van der Waals surface area contributed by atoms with E-state index in [4.69, 9.17) is 3.63 Å². The molecule has 0 saturated heterocycles. The first-order valence-corrected chi connectivity index (χ1v) is 19.8. The van der Waals surface area contributed by atoms with Gasteiger partial charge in [0.1, 0.15) is 0 Å². The summed E-state index contributed by atoms with van der Waals surface area (Å²) in [4.78, 5) is 3.18. The molecule has 244 valence electrons. The lowest BCUT2D eigenvalue weighted by Gasteiger charge is -2.26. The first kappa shape index (κ1) is 32.2. The maximum Gasteiger partial charge on any atom is 0.275 e. The molecule has 6 aromatic rings. The van der Waals surface area contributed by atoms with Crippen molar-refractivity contribution in [1.82, 2.24) is 0 Å². The van der Waals surface area contributed by atoms with Crippen LogP contribution in [0.3, 0.4) is 0 Å². The summed E-state index contributed by atoms with van der Waals surface area (Å²) < 4.78 is 29.7. The Morgan fingerprint density at radius 3 is 1.63 bits per heavy atom. The van der Waals surface area contributed by atoms with Gasteiger partial charge in [-0.25, -0.2) is 0 Å². The third kappa shape index (κ3) is 5.37. The summed E-state index contributed by atoms with van der Waals surface area (Å²) in [5.74, 6) is 0. The average molecular weight is 697 g/mol. The highest BCUT2D eigenvalue weighted by Gasteiger charge is 2.39. The Kier molecular flexibility index (Phi) is 7.72. The van der Waals surface area contributed by atoms with Crippen molar-refractivity contribution < 1.29 is 12.0 Å². The number of fused-ring (bicyclic) bond motifs is 6. The minimum Gasteiger partial charge on any atom is -0.199 e. The van der Waals surface area contributed by atoms with Gasteiger partial charge in [0, 0.05) is 31.1 Å². The van der Waals surface area contributed by atoms with Crippen molar-refractivity contribution in [1.29, 1.82) is 0 Å². The molecule has 0 heterocycles. The second kappa shape index (κ2) is 11.8. The first-order chi connectivity index (χ1) is 23.4. The fraction of sp³-hybridized carbons (Fsp3) is 0.163. The van der Waals surface area contributed by atoms with E-state index in [0.717, 1.165) is 50.3 Å². The smallest absolute Gasteiger partial charge is 0.199 e. The molecule has 0 saturated carbocycles. The minimum atomic E-state index is -3.68. The Balaban J connectivity index is 1.22. The van der Waals surface area contributed by atoms with E-state index in [-0.39, 0.29) is 10.8 Å². The molecule has 0 spiro atoms. The van der Waals surface area contributed by atoms with Crippen LogP contribution in [0.25, 0.3) is 44.5 Å². The van der Waals surface area contributed by atoms with E-state index in [1.54, 1.807) is 11.8 Å². The summed E-state index contributed by atoms with van der Waals surface area (Å²) in [6, 6.07) is 45.3. The Bertz CT molecular complexity index is 2390. The molecule has 3 nitrogen and oxygen atoms in total. The third-order valence-electron chi connectivity index (χ3n) is 10.1. The van der Waals surface area contributed by atoms with Gasteiger partial charge in [-0.1, -0.05) is 143 Å². The molecule has 0 bridgehead atoms. The fourth-order valence-corrected chi connectivity index (χ4v) is 10.4. The molecule has 0 atom stereocenters. The Morgan fingerprint density at radius 2 is 1.00 bits per heavy atom. The highest BCUT2D eigenvalue weighted by Crippen LogP contribution is 2.55. The van der Waals surface area contributed by atoms with Crippen LogP contribution < -0.4 is 0 Å². The lowest BCUT2D eigenvalue weighted by atomic mass is 9.78. The fourth-order valence-electron chi connectivity index (χ4n) is 7.99. The average Bonchev–Trinajstić information content (AvgIpc) is 3.48. The zero-order valence-electron chi connectivity index (χ0n) is 28.1. The van der Waals surface area contributed by atoms with Crippen molar-refractivity contribution in [3.05, 3.63) is 150 Å². The standard InChI is InChI=1S/C43H36O3S3/c1-42(2)35-19-8-6-13-30(35)32-16-10-18-34(40(32)42)39-29(15-11-21-37(39)48-46-49(5,44)45)27-23-25-28(26-24-27)47-38-22-12-17-33-31-14-7-9-20-36(31)43(3,4)41(33)38/h6-26H,1-5H3. The molecule has 0 aromatic heterocycles. The second-order valence-electron chi connectivity index (χ2n) is 13.9. The Hall–Kier alpha value is -4.07. The van der Waals surface area contributed by atoms with Crippen LogP contribution in [0.15, 0.2) is 142 Å². The van der Waals surface area contributed by atoms with E-state index in [2.05, 4.69) is 143 Å². The molecule has 0 fully saturated rings. The van der Waals surface area contributed by atoms with Crippen LogP contribution in [0.5, 0.6) is 0 Å². The number of benzene rings is 6. The quantitative estimate of drug-likeness (QED) is 0.155. The van der Waals surface area contributed by atoms with Crippen LogP contribution in [-0.4, -0.2) is 14.7 Å². The maximum absolute atomic E-state index is 12.2. The zero-order chi connectivity index (χ0) is 34.1. The normalized spacial score (nSPS) is 15.0. The van der Waals surface area contributed by atoms with E-state index < -0.39 is 10.1 Å². The maximum atomic E-state index is 12.2. The van der Waals surface area contributed by atoms with Crippen molar-refractivity contribution in [2.24, 2.45) is 0 Å². The van der Waals surface area contributed by atoms with Crippen molar-refractivity contribution in [3.63, 3.8) is 0 Å². The van der Waals surface area contributed by atoms with Crippen LogP contribution in [0.2, 0.25) is 0 Å². The Labute approximate surface area is 298 Å². The predicted octanol–water partition coefficient (Wildman–Crippen LogP) is 11.8. The molecule has 0 N–H and O–H groups in total. The first-order valence-electron chi connectivity index (χ1n) is 16.4. The molecule has 0 amide bonds. The van der Waals surface area contributed by atoms with Gasteiger partial charge in [0.2, 0.25) is 0 Å². The highest BCUT2D eigenvalue weighted by molar-refractivity contribution is 8.04. The van der Waals surface area contributed by atoms with Crippen LogP contribution in [-0.2, 0) is 24.6 Å². The topological polar surface area (TPSA) is 43.4 Å². The monoisotopic (exact) mass is 696 g/mol. The van der Waals surface area contributed by atoms with E-state index in [9.17, 15) is 8.42 Å². The van der Waals surface area contributed by atoms with Gasteiger partial charge in [0.25, 0.3) is 10.1 Å². The summed E-state index contributed by atoms with van der Waals surface area (Å²) in [5.41, 5.74) is 14.2. The van der Waals surface area contributed by atoms with E-state index in [0.29, 0.717) is 0 Å². The van der Waals surface area contributed by atoms with Crippen molar-refractivity contribution in [3.8, 4) is 44.5 Å². The highest BCUT2D eigenvalue weighted by atomic mass is 32.3. The second-order valence-corrected chi connectivity index (χ2v) is 17.6. The van der Waals surface area contributed by atoms with E-state index in [1.807, 2.05) is 12.1 Å². The molecule has 49 heavy (non-hydrogen) atoms. The van der Waals surface area contributed by atoms with Gasteiger partial charge in [0.05, 0.1) is 18.3 Å². The van der Waals surface area contributed by atoms with Gasteiger partial charge in [0.15, 0.2) is 0 Å². The van der Waals surface area contributed by atoms with Crippen molar-refractivity contribution >= 4 is 33.9 Å². The van der Waals surface area contributed by atoms with Gasteiger partial charge >= 0.3 is 0 Å². The third-order valence-corrected chi connectivity index (χ3v) is 12.9. The van der Waals surface area contributed by atoms with Gasteiger partial charge in [-0.15, -0.1) is 0 Å². The molecule has 0 unspecified atom stereocenters. The van der Waals surface area contributed by atoms with Crippen LogP contribution in [0, 0.1) is 0 Å². The summed E-state index contributed by atoms with van der Waals surface area (Å²) in [6.45, 7) is 9.20. The lowest BCUT2D eigenvalue weighted by Crippen LogP contribution is -2.16. The molecule has 8 rings (SSSR count). The SMILES string of the molecule is CC1(C)c2ccccc2-c2cccc(Sc3ccc(-c4cccc(SOS(C)(=O)=O)c4-c4cccc5c4C(C)(C)c4ccccc4-5)cc3)c21. The van der Waals surface area contributed by atoms with Gasteiger partial charge in [-0.2, -0.15) is 12.0 Å². The molecule has 2 aliphatic rings. The minimum absolute atomic E-state index is 0.0834. The number of rotatable bonds is 7. The predicted molar refractivity (Wildman–Crippen MR) is 205 cm³/mol. The lowest BCUT2D eigenvalue weighted by molar-refractivity contribution is 0.525. The molecular formula is C43H36O3S3. The summed E-state index contributed by atoms with van der Waals surface area (Å²) in [7, 11) is -3.68. The van der Waals surface area contributed by atoms with Crippen LogP contribution >= 0.6 is 23.8 Å². The summed E-state index contributed by atoms with van der Waals surface area (Å²) in [6.07, 6.45) is 1.09. The molecule has 6 heteroatoms. The number of hydrogen-bond donors (Lipinski definition) is 0. The van der Waals surface area contributed by atoms with Gasteiger partial charge in [-0.05, 0) is 85.5 Å². The largest absolute Gasteiger partial charge is 0.275 e. The molecule has 0 aliphatic heterocycles. The molecule has 2 aliphatic carbocycles. The van der Waals surface area contributed by atoms with Crippen molar-refractivity contribution in [2.45, 2.75) is 53.2 Å². The molecule has 6 aromatic carbocycles. The van der Waals surface area contributed by atoms with E-state index >= 15 is 0 Å². The van der Waals surface area contributed by atoms with E-state index in [1.165, 1.54) is 49.4 Å². The van der Waals surface area contributed by atoms with Gasteiger partial charge < -0.3 is 0 Å². The molecule has 0 radical (unpaired) electrons. The summed E-state index contributed by atoms with van der Waals surface area (Å²) in [5, 5.41) is 0. The number of hydrogen-bond acceptors (Lipinski definition) is 5. The van der Waals surface area contributed by atoms with Crippen LogP contribution in [0.1, 0.15) is 49.9 Å². The van der Waals surface area contributed by atoms with Crippen LogP contribution in [0.4, 0.5) is 0 Å². The van der Waals surface area contributed by atoms with Crippen molar-refractivity contribution in [2.75, 3.05) is 6.26 Å². The zero-order valence-corrected chi connectivity index (χ0v) is 30.5. The molecular weight excluding hydrogens is 661 g/mol.